The molecule has 0 aromatic rings. The van der Waals surface area contributed by atoms with Crippen LogP contribution in [0, 0.1) is 0 Å². The Kier molecular flexibility index (Phi) is 4.78. The number of hydrogen-bond acceptors (Lipinski definition) is 4. The Balaban J connectivity index is 2.93. The maximum Gasteiger partial charge on any atom is 0.120 e. The summed E-state index contributed by atoms with van der Waals surface area (Å²) in [5.41, 5.74) is 0. The molecule has 0 saturated heterocycles. The van der Waals surface area contributed by atoms with Gasteiger partial charge in [0, 0.05) is 0 Å². The Morgan fingerprint density at radius 3 is 2.88 bits per heavy atom. The lowest BCUT2D eigenvalue weighted by Crippen LogP contribution is -1.96. The van der Waals surface area contributed by atoms with E-state index in [1.807, 2.05) is 0 Å². The monoisotopic (exact) mass is 137 g/mol. The van der Waals surface area contributed by atoms with Crippen LogP contribution in [0.4, 0.5) is 0 Å². The number of rotatable bonds is 4. The Morgan fingerprint density at radius 1 is 1.88 bits per heavy atom. The number of hydrogen-bond donors (Lipinski definition) is 0. The van der Waals surface area contributed by atoms with Gasteiger partial charge >= 0.3 is 0 Å². The summed E-state index contributed by atoms with van der Waals surface area (Å²) in [6.07, 6.45) is 1.37. The van der Waals surface area contributed by atoms with Gasteiger partial charge in [0.1, 0.15) is 18.0 Å². The summed E-state index contributed by atoms with van der Waals surface area (Å²) in [5, 5.41) is 0. The maximum absolute atomic E-state index is 9.49. The first-order chi connectivity index (χ1) is 3.77. The van der Waals surface area contributed by atoms with Gasteiger partial charge in [-0.3, -0.25) is 0 Å². The minimum absolute atomic E-state index is 0.0635. The molecule has 48 valence electrons. The van der Waals surface area contributed by atoms with E-state index in [1.165, 1.54) is 6.08 Å². The highest BCUT2D eigenvalue weighted by atomic mass is 32.2. The summed E-state index contributed by atoms with van der Waals surface area (Å²) < 4.78 is 22.6. The summed E-state index contributed by atoms with van der Waals surface area (Å²) in [4.78, 5) is 4.01. The predicted octanol–water partition coefficient (Wildman–Crippen LogP) is -0.0853. The second-order valence-electron chi connectivity index (χ2n) is 0.845. The fraction of sp³-hybridized carbons (Fsp3) is 0.333. The molecule has 0 aromatic heterocycles. The van der Waals surface area contributed by atoms with Crippen LogP contribution >= 0.6 is 0 Å². The molecule has 0 aromatic carbocycles. The van der Waals surface area contributed by atoms with Gasteiger partial charge in [-0.05, 0) is 0 Å². The van der Waals surface area contributed by atoms with Gasteiger partial charge in [0.15, 0.2) is 0 Å². The van der Waals surface area contributed by atoms with Crippen molar-refractivity contribution in [3.8, 4) is 0 Å². The molecule has 0 aliphatic rings. The smallest absolute Gasteiger partial charge is 0.120 e. The highest BCUT2D eigenvalue weighted by Crippen LogP contribution is 1.80. The molecule has 4 nitrogen and oxygen atoms in total. The minimum Gasteiger partial charge on any atom is -0.748 e. The molecule has 0 heterocycles. The summed E-state index contributed by atoms with van der Waals surface area (Å²) in [7, 11) is 0. The van der Waals surface area contributed by atoms with Crippen LogP contribution in [-0.2, 0) is 20.6 Å². The normalized spacial score (nSPS) is 13.1. The Morgan fingerprint density at radius 2 is 2.50 bits per heavy atom. The molecule has 0 N–H and O–H groups in total. The van der Waals surface area contributed by atoms with E-state index in [4.69, 9.17) is 0 Å². The average molecular weight is 137 g/mol. The van der Waals surface area contributed by atoms with Crippen LogP contribution in [0.25, 0.3) is 0 Å². The van der Waals surface area contributed by atoms with Gasteiger partial charge in [-0.1, -0.05) is 6.08 Å². The minimum atomic E-state index is -2.59. The van der Waals surface area contributed by atoms with Crippen LogP contribution in [0.15, 0.2) is 12.7 Å². The van der Waals surface area contributed by atoms with Crippen LogP contribution in [0.2, 0.25) is 0 Å². The Labute approximate surface area is 49.5 Å². The zero-order valence-corrected chi connectivity index (χ0v) is 4.85. The first-order valence-corrected chi connectivity index (χ1v) is 2.77. The van der Waals surface area contributed by atoms with Crippen molar-refractivity contribution in [1.82, 2.24) is 0 Å². The molecule has 0 saturated carbocycles. The highest BCUT2D eigenvalue weighted by molar-refractivity contribution is 7.73. The first-order valence-electron chi connectivity index (χ1n) is 1.77. The van der Waals surface area contributed by atoms with E-state index in [1.54, 1.807) is 0 Å². The molecule has 0 amide bonds. The maximum atomic E-state index is 9.49. The molecule has 0 fully saturated rings. The molecule has 8 heavy (non-hydrogen) atoms. The van der Waals surface area contributed by atoms with Crippen molar-refractivity contribution in [1.29, 1.82) is 0 Å². The van der Waals surface area contributed by atoms with E-state index < -0.39 is 11.4 Å². The second-order valence-corrected chi connectivity index (χ2v) is 1.39. The summed E-state index contributed by atoms with van der Waals surface area (Å²) >= 11 is -2.59. The largest absolute Gasteiger partial charge is 0.748 e. The zero-order chi connectivity index (χ0) is 6.41. The molecule has 5 heteroatoms. The molecular formula is C3H5O4S-. The van der Waals surface area contributed by atoms with Crippen molar-refractivity contribution in [2.24, 2.45) is 0 Å². The Hall–Kier alpha value is -0.230. The van der Waals surface area contributed by atoms with Gasteiger partial charge in [0.25, 0.3) is 0 Å². The third-order valence-electron chi connectivity index (χ3n) is 0.290. The third kappa shape index (κ3) is 5.77. The molecule has 0 radical (unpaired) electrons. The summed E-state index contributed by atoms with van der Waals surface area (Å²) in [6.45, 7) is 3.32. The first kappa shape index (κ1) is 7.77. The average Bonchev–Trinajstić information content (AvgIpc) is 1.66. The fourth-order valence-electron chi connectivity index (χ4n) is 0.115. The molecule has 0 bridgehead atoms. The van der Waals surface area contributed by atoms with Crippen LogP contribution in [-0.4, -0.2) is 15.4 Å². The zero-order valence-electron chi connectivity index (χ0n) is 4.03. The Bertz CT molecular complexity index is 91.3. The quantitative estimate of drug-likeness (QED) is 0.179. The SMILES string of the molecule is C=CCOOS(=O)[O-]. The van der Waals surface area contributed by atoms with Crippen LogP contribution in [0.3, 0.4) is 0 Å². The van der Waals surface area contributed by atoms with Crippen molar-refractivity contribution >= 4 is 11.4 Å². The topological polar surface area (TPSA) is 58.6 Å². The standard InChI is InChI=1S/C3H6O4S/c1-2-3-6-7-8(4)5/h2H,1,3H2,(H,4,5)/p-1. The van der Waals surface area contributed by atoms with Crippen LogP contribution < -0.4 is 0 Å². The van der Waals surface area contributed by atoms with E-state index >= 15 is 0 Å². The van der Waals surface area contributed by atoms with Crippen LogP contribution in [0.1, 0.15) is 0 Å². The van der Waals surface area contributed by atoms with Crippen molar-refractivity contribution in [2.45, 2.75) is 0 Å². The van der Waals surface area contributed by atoms with Crippen molar-refractivity contribution in [2.75, 3.05) is 6.61 Å². The van der Waals surface area contributed by atoms with Gasteiger partial charge in [0.2, 0.25) is 0 Å². The van der Waals surface area contributed by atoms with Gasteiger partial charge in [-0.2, -0.15) is 0 Å². The third-order valence-corrected chi connectivity index (χ3v) is 0.497. The molecule has 0 rings (SSSR count). The van der Waals surface area contributed by atoms with E-state index in [2.05, 4.69) is 15.8 Å². The lowest BCUT2D eigenvalue weighted by molar-refractivity contribution is -0.191. The van der Waals surface area contributed by atoms with E-state index in [-0.39, 0.29) is 6.61 Å². The van der Waals surface area contributed by atoms with Crippen molar-refractivity contribution in [3.63, 3.8) is 0 Å². The van der Waals surface area contributed by atoms with E-state index in [0.29, 0.717) is 0 Å². The van der Waals surface area contributed by atoms with Gasteiger partial charge in [-0.15, -0.1) is 10.9 Å². The van der Waals surface area contributed by atoms with Gasteiger partial charge in [0.05, 0.1) is 0 Å². The second kappa shape index (κ2) is 4.92. The van der Waals surface area contributed by atoms with E-state index in [9.17, 15) is 8.76 Å². The lowest BCUT2D eigenvalue weighted by atomic mass is 10.7. The fourth-order valence-corrected chi connectivity index (χ4v) is 0.249. The van der Waals surface area contributed by atoms with Gasteiger partial charge < -0.3 is 4.55 Å². The highest BCUT2D eigenvalue weighted by Gasteiger charge is 1.79. The summed E-state index contributed by atoms with van der Waals surface area (Å²) in [6, 6.07) is 0. The lowest BCUT2D eigenvalue weighted by Gasteiger charge is -2.00. The molecule has 1 atom stereocenters. The van der Waals surface area contributed by atoms with E-state index in [0.717, 1.165) is 0 Å². The van der Waals surface area contributed by atoms with Crippen molar-refractivity contribution < 1.29 is 18.0 Å². The molecular weight excluding hydrogens is 132 g/mol. The molecule has 0 aliphatic heterocycles. The molecule has 0 aliphatic carbocycles. The molecule has 0 spiro atoms. The predicted molar refractivity (Wildman–Crippen MR) is 26.2 cm³/mol. The van der Waals surface area contributed by atoms with Crippen LogP contribution in [0.5, 0.6) is 0 Å². The molecule has 1 unspecified atom stereocenters. The summed E-state index contributed by atoms with van der Waals surface area (Å²) in [5.74, 6) is 0. The van der Waals surface area contributed by atoms with Crippen molar-refractivity contribution in [3.05, 3.63) is 12.7 Å². The van der Waals surface area contributed by atoms with Gasteiger partial charge in [-0.25, -0.2) is 9.10 Å².